The SMILES string of the molecule is Cc1cc(N2CCCC2)nc2sc3c(N(CCO)CCO)ncnc3c12. The van der Waals surface area contributed by atoms with Crippen molar-refractivity contribution in [1.82, 2.24) is 15.0 Å². The van der Waals surface area contributed by atoms with Gasteiger partial charge in [0.25, 0.3) is 0 Å². The third-order valence-electron chi connectivity index (χ3n) is 4.86. The van der Waals surface area contributed by atoms with E-state index in [4.69, 9.17) is 4.98 Å². The number of aliphatic hydroxyl groups excluding tert-OH is 2. The summed E-state index contributed by atoms with van der Waals surface area (Å²) >= 11 is 1.59. The molecule has 0 aliphatic carbocycles. The number of hydrogen-bond donors (Lipinski definition) is 2. The molecule has 0 saturated carbocycles. The molecule has 0 amide bonds. The number of aliphatic hydroxyl groups is 2. The molecule has 0 bridgehead atoms. The molecule has 26 heavy (non-hydrogen) atoms. The quantitative estimate of drug-likeness (QED) is 0.683. The van der Waals surface area contributed by atoms with Gasteiger partial charge in [0.1, 0.15) is 22.8 Å². The van der Waals surface area contributed by atoms with Crippen molar-refractivity contribution < 1.29 is 10.2 Å². The monoisotopic (exact) mass is 373 g/mol. The Balaban J connectivity index is 1.87. The number of aryl methyl sites for hydroxylation is 1. The van der Waals surface area contributed by atoms with Gasteiger partial charge in [-0.25, -0.2) is 15.0 Å². The molecule has 0 radical (unpaired) electrons. The molecule has 2 N–H and O–H groups in total. The van der Waals surface area contributed by atoms with Crippen molar-refractivity contribution in [1.29, 1.82) is 0 Å². The van der Waals surface area contributed by atoms with Crippen LogP contribution in [0.4, 0.5) is 11.6 Å². The third-order valence-corrected chi connectivity index (χ3v) is 5.93. The Kier molecular flexibility index (Phi) is 4.88. The molecule has 8 heteroatoms. The predicted octanol–water partition coefficient (Wildman–Crippen LogP) is 1.94. The number of fused-ring (bicyclic) bond motifs is 3. The molecule has 1 aliphatic heterocycles. The molecule has 138 valence electrons. The molecular formula is C18H23N5O2S. The third kappa shape index (κ3) is 2.98. The lowest BCUT2D eigenvalue weighted by molar-refractivity contribution is 0.281. The van der Waals surface area contributed by atoms with Crippen LogP contribution in [0.3, 0.4) is 0 Å². The number of hydrogen-bond acceptors (Lipinski definition) is 8. The molecule has 0 aromatic carbocycles. The van der Waals surface area contributed by atoms with Crippen LogP contribution in [-0.2, 0) is 0 Å². The van der Waals surface area contributed by atoms with Gasteiger partial charge in [0.2, 0.25) is 0 Å². The van der Waals surface area contributed by atoms with Crippen LogP contribution in [0.1, 0.15) is 18.4 Å². The van der Waals surface area contributed by atoms with Crippen molar-refractivity contribution in [3.63, 3.8) is 0 Å². The zero-order valence-corrected chi connectivity index (χ0v) is 15.7. The maximum Gasteiger partial charge on any atom is 0.150 e. The lowest BCUT2D eigenvalue weighted by Crippen LogP contribution is -2.30. The average Bonchev–Trinajstić information content (AvgIpc) is 3.28. The van der Waals surface area contributed by atoms with E-state index in [1.807, 2.05) is 4.90 Å². The molecule has 7 nitrogen and oxygen atoms in total. The highest BCUT2D eigenvalue weighted by molar-refractivity contribution is 7.26. The number of nitrogens with zero attached hydrogens (tertiary/aromatic N) is 5. The minimum absolute atomic E-state index is 0.00672. The maximum atomic E-state index is 9.36. The van der Waals surface area contributed by atoms with Gasteiger partial charge >= 0.3 is 0 Å². The van der Waals surface area contributed by atoms with Crippen molar-refractivity contribution in [3.05, 3.63) is 18.0 Å². The molecule has 4 rings (SSSR count). The smallest absolute Gasteiger partial charge is 0.150 e. The number of thiophene rings is 1. The molecule has 1 saturated heterocycles. The number of rotatable bonds is 6. The minimum Gasteiger partial charge on any atom is -0.395 e. The van der Waals surface area contributed by atoms with E-state index in [-0.39, 0.29) is 13.2 Å². The lowest BCUT2D eigenvalue weighted by Gasteiger charge is -2.21. The van der Waals surface area contributed by atoms with Crippen LogP contribution in [0.5, 0.6) is 0 Å². The van der Waals surface area contributed by atoms with Crippen molar-refractivity contribution >= 4 is 43.4 Å². The molecule has 0 unspecified atom stereocenters. The van der Waals surface area contributed by atoms with E-state index < -0.39 is 0 Å². The van der Waals surface area contributed by atoms with Crippen LogP contribution in [-0.4, -0.2) is 64.6 Å². The molecule has 0 atom stereocenters. The molecule has 1 aliphatic rings. The predicted molar refractivity (Wildman–Crippen MR) is 105 cm³/mol. The first-order valence-corrected chi connectivity index (χ1v) is 9.81. The number of pyridine rings is 1. The van der Waals surface area contributed by atoms with E-state index in [2.05, 4.69) is 27.9 Å². The van der Waals surface area contributed by atoms with Gasteiger partial charge in [-0.2, -0.15) is 0 Å². The van der Waals surface area contributed by atoms with Crippen molar-refractivity contribution in [2.24, 2.45) is 0 Å². The van der Waals surface area contributed by atoms with Crippen molar-refractivity contribution in [2.45, 2.75) is 19.8 Å². The Bertz CT molecular complexity index is 917. The first kappa shape index (κ1) is 17.4. The minimum atomic E-state index is 0.00672. The fourth-order valence-electron chi connectivity index (χ4n) is 3.62. The summed E-state index contributed by atoms with van der Waals surface area (Å²) in [7, 11) is 0. The van der Waals surface area contributed by atoms with Gasteiger partial charge in [-0.1, -0.05) is 0 Å². The zero-order valence-electron chi connectivity index (χ0n) is 14.9. The fourth-order valence-corrected chi connectivity index (χ4v) is 4.84. The molecule has 1 fully saturated rings. The second-order valence-electron chi connectivity index (χ2n) is 6.58. The Morgan fingerprint density at radius 2 is 1.88 bits per heavy atom. The molecule has 4 heterocycles. The first-order chi connectivity index (χ1) is 12.7. The highest BCUT2D eigenvalue weighted by Crippen LogP contribution is 2.39. The van der Waals surface area contributed by atoms with Gasteiger partial charge in [-0.05, 0) is 31.4 Å². The van der Waals surface area contributed by atoms with Gasteiger partial charge in [0.15, 0.2) is 0 Å². The summed E-state index contributed by atoms with van der Waals surface area (Å²) in [5, 5.41) is 19.8. The maximum absolute atomic E-state index is 9.36. The van der Waals surface area contributed by atoms with Gasteiger partial charge in [-0.15, -0.1) is 11.3 Å². The van der Waals surface area contributed by atoms with Gasteiger partial charge in [0, 0.05) is 31.6 Å². The van der Waals surface area contributed by atoms with Crippen LogP contribution in [0, 0.1) is 6.92 Å². The van der Waals surface area contributed by atoms with Crippen LogP contribution in [0.25, 0.3) is 20.4 Å². The average molecular weight is 373 g/mol. The largest absolute Gasteiger partial charge is 0.395 e. The number of anilines is 2. The van der Waals surface area contributed by atoms with E-state index in [1.54, 1.807) is 17.7 Å². The van der Waals surface area contributed by atoms with Crippen molar-refractivity contribution in [3.8, 4) is 0 Å². The summed E-state index contributed by atoms with van der Waals surface area (Å²) in [6.07, 6.45) is 4.00. The normalized spacial score (nSPS) is 14.7. The van der Waals surface area contributed by atoms with Gasteiger partial charge in [0.05, 0.1) is 23.4 Å². The standard InChI is InChI=1S/C18H23N5O2S/c1-12-10-13(22-4-2-3-5-22)21-18-14(12)15-16(26-18)17(20-11-19-15)23(6-8-24)7-9-25/h10-11,24-25H,2-9H2,1H3. The van der Waals surface area contributed by atoms with E-state index >= 15 is 0 Å². The van der Waals surface area contributed by atoms with E-state index in [1.165, 1.54) is 18.4 Å². The molecule has 3 aromatic rings. The van der Waals surface area contributed by atoms with Crippen LogP contribution in [0.2, 0.25) is 0 Å². The summed E-state index contributed by atoms with van der Waals surface area (Å²) < 4.78 is 0.957. The second-order valence-corrected chi connectivity index (χ2v) is 7.58. The highest BCUT2D eigenvalue weighted by Gasteiger charge is 2.20. The lowest BCUT2D eigenvalue weighted by atomic mass is 10.2. The fraction of sp³-hybridized carbons (Fsp3) is 0.500. The second kappa shape index (κ2) is 7.30. The Hall–Kier alpha value is -2.03. The highest BCUT2D eigenvalue weighted by atomic mass is 32.1. The molecular weight excluding hydrogens is 350 g/mol. The summed E-state index contributed by atoms with van der Waals surface area (Å²) in [6, 6.07) is 2.15. The van der Waals surface area contributed by atoms with Gasteiger partial charge < -0.3 is 20.0 Å². The van der Waals surface area contributed by atoms with Crippen molar-refractivity contribution in [2.75, 3.05) is 49.2 Å². The molecule has 3 aromatic heterocycles. The Labute approximate surface area is 155 Å². The van der Waals surface area contributed by atoms with Gasteiger partial charge in [-0.3, -0.25) is 0 Å². The summed E-state index contributed by atoms with van der Waals surface area (Å²) in [4.78, 5) is 19.1. The summed E-state index contributed by atoms with van der Waals surface area (Å²) in [5.74, 6) is 1.79. The number of aromatic nitrogens is 3. The summed E-state index contributed by atoms with van der Waals surface area (Å²) in [6.45, 7) is 5.10. The van der Waals surface area contributed by atoms with E-state index in [0.29, 0.717) is 13.1 Å². The molecule has 0 spiro atoms. The Morgan fingerprint density at radius 1 is 1.15 bits per heavy atom. The Morgan fingerprint density at radius 3 is 2.58 bits per heavy atom. The zero-order chi connectivity index (χ0) is 18.1. The topological polar surface area (TPSA) is 85.6 Å². The summed E-state index contributed by atoms with van der Waals surface area (Å²) in [5.41, 5.74) is 2.07. The van der Waals surface area contributed by atoms with Crippen LogP contribution >= 0.6 is 11.3 Å². The van der Waals surface area contributed by atoms with E-state index in [9.17, 15) is 10.2 Å². The van der Waals surface area contributed by atoms with E-state index in [0.717, 1.165) is 45.2 Å². The van der Waals surface area contributed by atoms with Crippen LogP contribution in [0.15, 0.2) is 12.4 Å². The van der Waals surface area contributed by atoms with Crippen LogP contribution < -0.4 is 9.80 Å². The first-order valence-electron chi connectivity index (χ1n) is 8.99.